The number of halogens is 1. The summed E-state index contributed by atoms with van der Waals surface area (Å²) in [5.74, 6) is 1.46. The van der Waals surface area contributed by atoms with Gasteiger partial charge in [-0.2, -0.15) is 0 Å². The standard InChI is InChI=1S/C17H20ClN/c1-13-9-10-19(17(13)11-18)12-15-7-4-6-14-5-2-3-8-16(14)15/h2-8,13,17H,9-12H2,1H3. The Morgan fingerprint density at radius 1 is 1.16 bits per heavy atom. The Morgan fingerprint density at radius 2 is 1.95 bits per heavy atom. The van der Waals surface area contributed by atoms with Crippen molar-refractivity contribution in [3.8, 4) is 0 Å². The molecule has 0 saturated carbocycles. The van der Waals surface area contributed by atoms with Crippen molar-refractivity contribution in [1.29, 1.82) is 0 Å². The summed E-state index contributed by atoms with van der Waals surface area (Å²) in [5, 5.41) is 2.70. The van der Waals surface area contributed by atoms with Gasteiger partial charge in [0, 0.05) is 18.5 Å². The highest BCUT2D eigenvalue weighted by atomic mass is 35.5. The smallest absolute Gasteiger partial charge is 0.0382 e. The Hall–Kier alpha value is -1.05. The lowest BCUT2D eigenvalue weighted by atomic mass is 10.0. The highest BCUT2D eigenvalue weighted by Gasteiger charge is 2.30. The molecule has 1 aliphatic heterocycles. The molecule has 1 heterocycles. The van der Waals surface area contributed by atoms with E-state index in [-0.39, 0.29) is 0 Å². The Kier molecular flexibility index (Phi) is 3.76. The fraction of sp³-hybridized carbons (Fsp3) is 0.412. The molecule has 100 valence electrons. The molecule has 2 aromatic rings. The van der Waals surface area contributed by atoms with Crippen molar-refractivity contribution in [2.45, 2.75) is 25.9 Å². The van der Waals surface area contributed by atoms with Crippen LogP contribution < -0.4 is 0 Å². The minimum Gasteiger partial charge on any atom is -0.295 e. The van der Waals surface area contributed by atoms with Gasteiger partial charge in [-0.05, 0) is 35.2 Å². The molecule has 2 aromatic carbocycles. The summed E-state index contributed by atoms with van der Waals surface area (Å²) in [4.78, 5) is 2.54. The van der Waals surface area contributed by atoms with Gasteiger partial charge >= 0.3 is 0 Å². The molecule has 19 heavy (non-hydrogen) atoms. The predicted molar refractivity (Wildman–Crippen MR) is 82.6 cm³/mol. The van der Waals surface area contributed by atoms with E-state index in [0.29, 0.717) is 12.0 Å². The molecule has 0 spiro atoms. The van der Waals surface area contributed by atoms with Crippen molar-refractivity contribution in [2.24, 2.45) is 5.92 Å². The zero-order valence-corrected chi connectivity index (χ0v) is 12.1. The van der Waals surface area contributed by atoms with Crippen LogP contribution in [0.1, 0.15) is 18.9 Å². The second-order valence-electron chi connectivity index (χ2n) is 5.60. The second kappa shape index (κ2) is 5.52. The summed E-state index contributed by atoms with van der Waals surface area (Å²) in [6, 6.07) is 15.8. The zero-order valence-electron chi connectivity index (χ0n) is 11.3. The maximum atomic E-state index is 6.14. The third kappa shape index (κ3) is 2.50. The van der Waals surface area contributed by atoms with Crippen LogP contribution in [0.3, 0.4) is 0 Å². The number of nitrogens with zero attached hydrogens (tertiary/aromatic N) is 1. The number of alkyl halides is 1. The van der Waals surface area contributed by atoms with E-state index in [0.717, 1.165) is 12.4 Å². The molecule has 0 bridgehead atoms. The van der Waals surface area contributed by atoms with Crippen LogP contribution in [0, 0.1) is 5.92 Å². The van der Waals surface area contributed by atoms with Crippen LogP contribution in [0.4, 0.5) is 0 Å². The lowest BCUT2D eigenvalue weighted by Gasteiger charge is -2.25. The van der Waals surface area contributed by atoms with Gasteiger partial charge in [-0.3, -0.25) is 4.90 Å². The van der Waals surface area contributed by atoms with Gasteiger partial charge in [0.05, 0.1) is 0 Å². The first-order valence-corrected chi connectivity index (χ1v) is 7.59. The van der Waals surface area contributed by atoms with E-state index in [9.17, 15) is 0 Å². The molecule has 1 saturated heterocycles. The number of likely N-dealkylation sites (tertiary alicyclic amines) is 1. The highest BCUT2D eigenvalue weighted by molar-refractivity contribution is 6.18. The summed E-state index contributed by atoms with van der Waals surface area (Å²) >= 11 is 6.14. The van der Waals surface area contributed by atoms with Crippen molar-refractivity contribution in [3.63, 3.8) is 0 Å². The number of hydrogen-bond donors (Lipinski definition) is 0. The summed E-state index contributed by atoms with van der Waals surface area (Å²) in [6.45, 7) is 4.50. The molecular weight excluding hydrogens is 254 g/mol. The lowest BCUT2D eigenvalue weighted by Crippen LogP contribution is -2.33. The van der Waals surface area contributed by atoms with Gasteiger partial charge in [-0.15, -0.1) is 11.6 Å². The van der Waals surface area contributed by atoms with E-state index in [1.165, 1.54) is 29.3 Å². The first-order valence-electron chi connectivity index (χ1n) is 7.06. The van der Waals surface area contributed by atoms with E-state index in [1.54, 1.807) is 0 Å². The van der Waals surface area contributed by atoms with E-state index in [2.05, 4.69) is 54.3 Å². The van der Waals surface area contributed by atoms with Crippen molar-refractivity contribution in [3.05, 3.63) is 48.0 Å². The molecule has 1 aliphatic rings. The van der Waals surface area contributed by atoms with Gasteiger partial charge in [-0.25, -0.2) is 0 Å². The van der Waals surface area contributed by atoms with Crippen molar-refractivity contribution >= 4 is 22.4 Å². The molecule has 0 aliphatic carbocycles. The Morgan fingerprint density at radius 3 is 2.79 bits per heavy atom. The first kappa shape index (κ1) is 13.0. The van der Waals surface area contributed by atoms with Crippen molar-refractivity contribution < 1.29 is 0 Å². The van der Waals surface area contributed by atoms with Crippen LogP contribution in [0.15, 0.2) is 42.5 Å². The van der Waals surface area contributed by atoms with Crippen molar-refractivity contribution in [2.75, 3.05) is 12.4 Å². The average molecular weight is 274 g/mol. The van der Waals surface area contributed by atoms with Gasteiger partial charge in [0.25, 0.3) is 0 Å². The zero-order chi connectivity index (χ0) is 13.2. The third-order valence-electron chi connectivity index (χ3n) is 4.41. The molecule has 2 heteroatoms. The summed E-state index contributed by atoms with van der Waals surface area (Å²) in [6.07, 6.45) is 1.27. The van der Waals surface area contributed by atoms with E-state index in [4.69, 9.17) is 11.6 Å². The van der Waals surface area contributed by atoms with E-state index in [1.807, 2.05) is 0 Å². The Labute approximate surface area is 120 Å². The topological polar surface area (TPSA) is 3.24 Å². The SMILES string of the molecule is CC1CCN(Cc2cccc3ccccc23)C1CCl. The normalized spacial score (nSPS) is 24.1. The molecule has 0 radical (unpaired) electrons. The van der Waals surface area contributed by atoms with Crippen LogP contribution in [-0.2, 0) is 6.54 Å². The van der Waals surface area contributed by atoms with Crippen molar-refractivity contribution in [1.82, 2.24) is 4.90 Å². The summed E-state index contributed by atoms with van der Waals surface area (Å²) in [5.41, 5.74) is 1.42. The number of hydrogen-bond acceptors (Lipinski definition) is 1. The van der Waals surface area contributed by atoms with Gasteiger partial charge in [-0.1, -0.05) is 49.4 Å². The van der Waals surface area contributed by atoms with Gasteiger partial charge in [0.1, 0.15) is 0 Å². The highest BCUT2D eigenvalue weighted by Crippen LogP contribution is 2.28. The summed E-state index contributed by atoms with van der Waals surface area (Å²) < 4.78 is 0. The molecule has 1 nitrogen and oxygen atoms in total. The molecule has 0 N–H and O–H groups in total. The maximum Gasteiger partial charge on any atom is 0.0382 e. The minimum absolute atomic E-state index is 0.528. The molecular formula is C17H20ClN. The lowest BCUT2D eigenvalue weighted by molar-refractivity contribution is 0.243. The van der Waals surface area contributed by atoms with Crippen LogP contribution >= 0.6 is 11.6 Å². The van der Waals surface area contributed by atoms with E-state index < -0.39 is 0 Å². The number of fused-ring (bicyclic) bond motifs is 1. The minimum atomic E-state index is 0.528. The number of benzene rings is 2. The fourth-order valence-corrected chi connectivity index (χ4v) is 3.68. The third-order valence-corrected chi connectivity index (χ3v) is 4.73. The molecule has 3 rings (SSSR count). The Bertz CT molecular complexity index is 561. The van der Waals surface area contributed by atoms with Crippen LogP contribution in [0.25, 0.3) is 10.8 Å². The van der Waals surface area contributed by atoms with Crippen LogP contribution in [0.2, 0.25) is 0 Å². The Balaban J connectivity index is 1.89. The monoisotopic (exact) mass is 273 g/mol. The molecule has 0 aromatic heterocycles. The molecule has 0 amide bonds. The van der Waals surface area contributed by atoms with Gasteiger partial charge in [0.2, 0.25) is 0 Å². The summed E-state index contributed by atoms with van der Waals surface area (Å²) in [7, 11) is 0. The van der Waals surface area contributed by atoms with Crippen LogP contribution in [0.5, 0.6) is 0 Å². The molecule has 2 atom stereocenters. The maximum absolute atomic E-state index is 6.14. The van der Waals surface area contributed by atoms with Gasteiger partial charge in [0.15, 0.2) is 0 Å². The molecule has 1 fully saturated rings. The quantitative estimate of drug-likeness (QED) is 0.754. The molecule has 2 unspecified atom stereocenters. The fourth-order valence-electron chi connectivity index (χ4n) is 3.18. The predicted octanol–water partition coefficient (Wildman–Crippen LogP) is 4.29. The van der Waals surface area contributed by atoms with Gasteiger partial charge < -0.3 is 0 Å². The number of rotatable bonds is 3. The largest absolute Gasteiger partial charge is 0.295 e. The van der Waals surface area contributed by atoms with E-state index >= 15 is 0 Å². The van der Waals surface area contributed by atoms with Crippen LogP contribution in [-0.4, -0.2) is 23.4 Å². The average Bonchev–Trinajstić information content (AvgIpc) is 2.79. The first-order chi connectivity index (χ1) is 9.29. The second-order valence-corrected chi connectivity index (χ2v) is 5.90.